The average Bonchev–Trinajstić information content (AvgIpc) is 3.55. The predicted molar refractivity (Wildman–Crippen MR) is 149 cm³/mol. The summed E-state index contributed by atoms with van der Waals surface area (Å²) in [6.07, 6.45) is 2.52. The predicted octanol–water partition coefficient (Wildman–Crippen LogP) is 2.53. The number of esters is 1. The molecule has 5 N–H and O–H groups in total. The van der Waals surface area contributed by atoms with Crippen LogP contribution in [0.2, 0.25) is 0 Å². The van der Waals surface area contributed by atoms with E-state index in [9.17, 15) is 24.8 Å². The van der Waals surface area contributed by atoms with Crippen molar-refractivity contribution in [3.8, 4) is 11.8 Å². The highest BCUT2D eigenvalue weighted by molar-refractivity contribution is 6.01. The van der Waals surface area contributed by atoms with Gasteiger partial charge in [-0.15, -0.1) is 0 Å². The van der Waals surface area contributed by atoms with Gasteiger partial charge in [0.25, 0.3) is 5.91 Å². The number of H-pyrrole nitrogens is 1. The van der Waals surface area contributed by atoms with Gasteiger partial charge in [-0.05, 0) is 62.4 Å². The number of hydrogen-bond acceptors (Lipinski definition) is 8. The average molecular weight is 554 g/mol. The minimum Gasteiger partial charge on any atom is -0.496 e. The molecule has 1 saturated heterocycles. The Bertz CT molecular complexity index is 1260. The van der Waals surface area contributed by atoms with Gasteiger partial charge in [0.15, 0.2) is 0 Å². The third-order valence-electron chi connectivity index (χ3n) is 6.76. The number of fused-ring (bicyclic) bond motifs is 1. The molecule has 1 aliphatic heterocycles. The molecule has 0 spiro atoms. The van der Waals surface area contributed by atoms with E-state index in [0.29, 0.717) is 31.6 Å². The molecule has 11 heteroatoms. The minimum absolute atomic E-state index is 0.0763. The van der Waals surface area contributed by atoms with E-state index in [1.165, 1.54) is 6.08 Å². The Hall–Kier alpha value is -3.88. The number of nitrogens with one attached hydrogen (secondary N) is 4. The van der Waals surface area contributed by atoms with Crippen LogP contribution in [0.3, 0.4) is 0 Å². The lowest BCUT2D eigenvalue weighted by atomic mass is 9.95. The summed E-state index contributed by atoms with van der Waals surface area (Å²) in [5.74, 6) is -1.19. The SMILES string of the molecule is CCCOC(=O)/C(C#N)=C\[C@H](C[C@@H]1CCNC1O)NC(=O)[C@H](CC(C)C)NC(=O)c1cc2c(OC)cccc2[nH]1. The summed E-state index contributed by atoms with van der Waals surface area (Å²) in [6.45, 7) is 6.50. The number of carbonyl (C=O) groups excluding carboxylic acids is 3. The Morgan fingerprint density at radius 3 is 2.67 bits per heavy atom. The highest BCUT2D eigenvalue weighted by Crippen LogP contribution is 2.26. The summed E-state index contributed by atoms with van der Waals surface area (Å²) in [5.41, 5.74) is 0.779. The van der Waals surface area contributed by atoms with Crippen molar-refractivity contribution < 1.29 is 29.0 Å². The van der Waals surface area contributed by atoms with Crippen molar-refractivity contribution in [1.82, 2.24) is 20.9 Å². The lowest BCUT2D eigenvalue weighted by Crippen LogP contribution is -2.50. The molecule has 0 saturated carbocycles. The third-order valence-corrected chi connectivity index (χ3v) is 6.76. The number of rotatable bonds is 13. The second-order valence-corrected chi connectivity index (χ2v) is 10.4. The summed E-state index contributed by atoms with van der Waals surface area (Å²) in [7, 11) is 1.55. The quantitative estimate of drug-likeness (QED) is 0.143. The number of ether oxygens (including phenoxy) is 2. The lowest BCUT2D eigenvalue weighted by molar-refractivity contribution is -0.138. The first-order valence-corrected chi connectivity index (χ1v) is 13.6. The van der Waals surface area contributed by atoms with Gasteiger partial charge in [0.05, 0.1) is 13.7 Å². The van der Waals surface area contributed by atoms with E-state index >= 15 is 0 Å². The topological polar surface area (TPSA) is 166 Å². The molecule has 0 aliphatic carbocycles. The van der Waals surface area contributed by atoms with E-state index in [-0.39, 0.29) is 36.1 Å². The van der Waals surface area contributed by atoms with Crippen LogP contribution >= 0.6 is 0 Å². The van der Waals surface area contributed by atoms with Crippen molar-refractivity contribution in [2.45, 2.75) is 64.8 Å². The molecule has 11 nitrogen and oxygen atoms in total. The van der Waals surface area contributed by atoms with Crippen molar-refractivity contribution >= 4 is 28.7 Å². The first-order chi connectivity index (χ1) is 19.2. The zero-order valence-corrected chi connectivity index (χ0v) is 23.5. The summed E-state index contributed by atoms with van der Waals surface area (Å²) in [6, 6.07) is 7.33. The summed E-state index contributed by atoms with van der Waals surface area (Å²) >= 11 is 0. The van der Waals surface area contributed by atoms with Gasteiger partial charge in [0.2, 0.25) is 5.91 Å². The Balaban J connectivity index is 1.82. The summed E-state index contributed by atoms with van der Waals surface area (Å²) in [5, 5.41) is 29.3. The number of methoxy groups -OCH3 is 1. The number of aliphatic hydroxyl groups is 1. The van der Waals surface area contributed by atoms with Crippen LogP contribution in [0.5, 0.6) is 5.75 Å². The van der Waals surface area contributed by atoms with E-state index in [4.69, 9.17) is 9.47 Å². The monoisotopic (exact) mass is 553 g/mol. The first-order valence-electron chi connectivity index (χ1n) is 13.6. The second kappa shape index (κ2) is 14.5. The van der Waals surface area contributed by atoms with Gasteiger partial charge in [-0.2, -0.15) is 5.26 Å². The standard InChI is InChI=1S/C29H39N5O6/c1-5-11-40-29(38)19(16-30)14-20(13-18-9-10-31-26(18)35)32-27(36)23(12-17(2)3)34-28(37)24-15-21-22(33-24)7-6-8-25(21)39-4/h6-8,14-15,17-18,20,23,26,31,33,35H,5,9-13H2,1-4H3,(H,32,36)(H,34,37)/b19-14-/t18-,20-,23-,26?/m0/s1. The van der Waals surface area contributed by atoms with E-state index in [1.807, 2.05) is 39.0 Å². The smallest absolute Gasteiger partial charge is 0.348 e. The number of aromatic nitrogens is 1. The first kappa shape index (κ1) is 30.7. The molecule has 1 aromatic carbocycles. The van der Waals surface area contributed by atoms with Crippen LogP contribution in [0.1, 0.15) is 56.9 Å². The molecule has 1 aromatic heterocycles. The number of aromatic amines is 1. The van der Waals surface area contributed by atoms with Crippen molar-refractivity contribution in [3.05, 3.63) is 41.6 Å². The molecule has 3 rings (SSSR count). The molecule has 1 unspecified atom stereocenters. The molecule has 1 aliphatic rings. The van der Waals surface area contributed by atoms with Gasteiger partial charge in [-0.3, -0.25) is 14.9 Å². The molecule has 0 bridgehead atoms. The van der Waals surface area contributed by atoms with Crippen molar-refractivity contribution in [2.75, 3.05) is 20.3 Å². The number of hydrogen-bond donors (Lipinski definition) is 5. The summed E-state index contributed by atoms with van der Waals surface area (Å²) < 4.78 is 10.5. The molecule has 40 heavy (non-hydrogen) atoms. The third kappa shape index (κ3) is 8.07. The van der Waals surface area contributed by atoms with Gasteiger partial charge in [0.1, 0.15) is 35.4 Å². The molecule has 2 aromatic rings. The molecule has 2 heterocycles. The minimum atomic E-state index is -0.888. The largest absolute Gasteiger partial charge is 0.496 e. The van der Waals surface area contributed by atoms with Gasteiger partial charge in [-0.25, -0.2) is 4.79 Å². The number of amides is 2. The number of aliphatic hydroxyl groups excluding tert-OH is 1. The van der Waals surface area contributed by atoms with Crippen LogP contribution < -0.4 is 20.7 Å². The molecule has 2 amide bonds. The lowest BCUT2D eigenvalue weighted by Gasteiger charge is -2.25. The van der Waals surface area contributed by atoms with Crippen molar-refractivity contribution in [3.63, 3.8) is 0 Å². The van der Waals surface area contributed by atoms with Crippen LogP contribution in [-0.2, 0) is 14.3 Å². The molecule has 4 atom stereocenters. The van der Waals surface area contributed by atoms with E-state index in [2.05, 4.69) is 20.9 Å². The molecule has 0 radical (unpaired) electrons. The van der Waals surface area contributed by atoms with Gasteiger partial charge < -0.3 is 30.2 Å². The van der Waals surface area contributed by atoms with Crippen LogP contribution in [0.25, 0.3) is 10.9 Å². The van der Waals surface area contributed by atoms with Crippen molar-refractivity contribution in [2.24, 2.45) is 11.8 Å². The number of nitrogens with zero attached hydrogens (tertiary/aromatic N) is 1. The van der Waals surface area contributed by atoms with Gasteiger partial charge >= 0.3 is 5.97 Å². The fraction of sp³-hybridized carbons (Fsp3) is 0.517. The van der Waals surface area contributed by atoms with E-state index in [1.54, 1.807) is 19.2 Å². The molecular formula is C29H39N5O6. The van der Waals surface area contributed by atoms with Crippen LogP contribution in [0.15, 0.2) is 35.9 Å². The zero-order chi connectivity index (χ0) is 29.2. The number of nitriles is 1. The highest BCUT2D eigenvalue weighted by atomic mass is 16.5. The maximum absolute atomic E-state index is 13.5. The van der Waals surface area contributed by atoms with Crippen molar-refractivity contribution in [1.29, 1.82) is 5.26 Å². The second-order valence-electron chi connectivity index (χ2n) is 10.4. The Labute approximate surface area is 234 Å². The molecule has 216 valence electrons. The maximum atomic E-state index is 13.5. The van der Waals surface area contributed by atoms with E-state index in [0.717, 1.165) is 10.9 Å². The maximum Gasteiger partial charge on any atom is 0.348 e. The summed E-state index contributed by atoms with van der Waals surface area (Å²) in [4.78, 5) is 42.2. The fourth-order valence-corrected chi connectivity index (χ4v) is 4.76. The Morgan fingerprint density at radius 1 is 1.27 bits per heavy atom. The number of benzene rings is 1. The van der Waals surface area contributed by atoms with Gasteiger partial charge in [0, 0.05) is 22.9 Å². The molecule has 1 fully saturated rings. The van der Waals surface area contributed by atoms with E-state index < -0.39 is 36.1 Å². The molecular weight excluding hydrogens is 514 g/mol. The Morgan fingerprint density at radius 2 is 2.05 bits per heavy atom. The normalized spacial score (nSPS) is 18.7. The number of carbonyl (C=O) groups is 3. The Kier molecular flexibility index (Phi) is 11.1. The fourth-order valence-electron chi connectivity index (χ4n) is 4.76. The van der Waals surface area contributed by atoms with Crippen LogP contribution in [-0.4, -0.2) is 66.4 Å². The zero-order valence-electron chi connectivity index (χ0n) is 23.5. The highest BCUT2D eigenvalue weighted by Gasteiger charge is 2.31. The van der Waals surface area contributed by atoms with Crippen LogP contribution in [0, 0.1) is 23.2 Å². The van der Waals surface area contributed by atoms with Crippen LogP contribution in [0.4, 0.5) is 0 Å². The van der Waals surface area contributed by atoms with Gasteiger partial charge in [-0.1, -0.05) is 26.8 Å².